The molecule has 0 aliphatic carbocycles. The molecule has 1 aromatic rings. The molecule has 0 spiro atoms. The molecule has 3 nitrogen and oxygen atoms in total. The molecular weight excluding hydrogens is 265 g/mol. The van der Waals surface area contributed by atoms with Gasteiger partial charge in [0, 0.05) is 23.9 Å². The van der Waals surface area contributed by atoms with E-state index in [1.54, 1.807) is 11.8 Å². The van der Waals surface area contributed by atoms with Gasteiger partial charge in [0.25, 0.3) is 0 Å². The van der Waals surface area contributed by atoms with E-state index in [9.17, 15) is 13.2 Å². The van der Waals surface area contributed by atoms with Crippen LogP contribution in [-0.4, -0.2) is 24.7 Å². The Balaban J connectivity index is 2.90. The molecule has 1 atom stereocenters. The molecular formula is C11H15F3N2OS. The molecule has 3 N–H and O–H groups in total. The van der Waals surface area contributed by atoms with Crippen molar-refractivity contribution in [1.82, 2.24) is 0 Å². The molecule has 0 saturated heterocycles. The SMILES string of the molecule is CSCC(C)Nc1cc(OC(F)F)c(F)cc1N. The summed E-state index contributed by atoms with van der Waals surface area (Å²) in [7, 11) is 0. The minimum Gasteiger partial charge on any atom is -0.432 e. The van der Waals surface area contributed by atoms with Crippen molar-refractivity contribution in [2.24, 2.45) is 0 Å². The second-order valence-electron chi connectivity index (χ2n) is 3.75. The first-order chi connectivity index (χ1) is 8.43. The Morgan fingerprint density at radius 3 is 2.67 bits per heavy atom. The number of thioether (sulfide) groups is 1. The van der Waals surface area contributed by atoms with Crippen LogP contribution in [0.2, 0.25) is 0 Å². The summed E-state index contributed by atoms with van der Waals surface area (Å²) < 4.78 is 41.5. The lowest BCUT2D eigenvalue weighted by molar-refractivity contribution is -0.0521. The van der Waals surface area contributed by atoms with Crippen molar-refractivity contribution >= 4 is 23.1 Å². The molecule has 0 amide bonds. The number of anilines is 2. The van der Waals surface area contributed by atoms with Gasteiger partial charge in [-0.3, -0.25) is 0 Å². The minimum atomic E-state index is -3.07. The van der Waals surface area contributed by atoms with Gasteiger partial charge in [0.05, 0.1) is 11.4 Å². The van der Waals surface area contributed by atoms with Crippen LogP contribution in [0.25, 0.3) is 0 Å². The van der Waals surface area contributed by atoms with Crippen molar-refractivity contribution in [2.45, 2.75) is 19.6 Å². The number of alkyl halides is 2. The van der Waals surface area contributed by atoms with E-state index in [2.05, 4.69) is 10.1 Å². The van der Waals surface area contributed by atoms with Crippen molar-refractivity contribution in [3.05, 3.63) is 17.9 Å². The fraction of sp³-hybridized carbons (Fsp3) is 0.455. The van der Waals surface area contributed by atoms with E-state index in [4.69, 9.17) is 5.73 Å². The van der Waals surface area contributed by atoms with E-state index in [-0.39, 0.29) is 11.7 Å². The minimum absolute atomic E-state index is 0.0761. The van der Waals surface area contributed by atoms with E-state index >= 15 is 0 Å². The topological polar surface area (TPSA) is 47.3 Å². The van der Waals surface area contributed by atoms with Crippen LogP contribution in [0, 0.1) is 5.82 Å². The number of hydrogen-bond donors (Lipinski definition) is 2. The average Bonchev–Trinajstić information content (AvgIpc) is 2.24. The lowest BCUT2D eigenvalue weighted by Gasteiger charge is -2.17. The number of nitrogens with one attached hydrogen (secondary N) is 1. The van der Waals surface area contributed by atoms with Gasteiger partial charge < -0.3 is 15.8 Å². The molecule has 18 heavy (non-hydrogen) atoms. The van der Waals surface area contributed by atoms with Crippen LogP contribution in [0.4, 0.5) is 24.5 Å². The maximum Gasteiger partial charge on any atom is 0.387 e. The number of benzene rings is 1. The molecule has 1 rings (SSSR count). The summed E-state index contributed by atoms with van der Waals surface area (Å²) in [5.74, 6) is -0.615. The van der Waals surface area contributed by atoms with Gasteiger partial charge in [-0.15, -0.1) is 0 Å². The summed E-state index contributed by atoms with van der Waals surface area (Å²) in [6, 6.07) is 2.19. The quantitative estimate of drug-likeness (QED) is 0.786. The molecule has 0 aliphatic rings. The van der Waals surface area contributed by atoms with Crippen molar-refractivity contribution in [3.8, 4) is 5.75 Å². The van der Waals surface area contributed by atoms with Crippen molar-refractivity contribution in [1.29, 1.82) is 0 Å². The van der Waals surface area contributed by atoms with Gasteiger partial charge in [-0.25, -0.2) is 4.39 Å². The Morgan fingerprint density at radius 2 is 2.11 bits per heavy atom. The lowest BCUT2D eigenvalue weighted by atomic mass is 10.2. The molecule has 0 aliphatic heterocycles. The highest BCUT2D eigenvalue weighted by Gasteiger charge is 2.14. The van der Waals surface area contributed by atoms with Gasteiger partial charge in [0.15, 0.2) is 11.6 Å². The van der Waals surface area contributed by atoms with E-state index in [1.165, 1.54) is 0 Å². The predicted octanol–water partition coefficient (Wildman–Crippen LogP) is 3.17. The molecule has 102 valence electrons. The lowest BCUT2D eigenvalue weighted by Crippen LogP contribution is -2.19. The summed E-state index contributed by atoms with van der Waals surface area (Å²) in [5.41, 5.74) is 6.15. The molecule has 0 bridgehead atoms. The van der Waals surface area contributed by atoms with Crippen molar-refractivity contribution < 1.29 is 17.9 Å². The molecule has 7 heteroatoms. The highest BCUT2D eigenvalue weighted by Crippen LogP contribution is 2.29. The second-order valence-corrected chi connectivity index (χ2v) is 4.66. The largest absolute Gasteiger partial charge is 0.432 e. The summed E-state index contributed by atoms with van der Waals surface area (Å²) in [5, 5.41) is 3.01. The molecule has 0 heterocycles. The predicted molar refractivity (Wildman–Crippen MR) is 68.9 cm³/mol. The molecule has 0 radical (unpaired) electrons. The first kappa shape index (κ1) is 14.8. The highest BCUT2D eigenvalue weighted by atomic mass is 32.2. The van der Waals surface area contributed by atoms with Gasteiger partial charge in [-0.1, -0.05) is 0 Å². The summed E-state index contributed by atoms with van der Waals surface area (Å²) in [4.78, 5) is 0. The molecule has 1 unspecified atom stereocenters. The van der Waals surface area contributed by atoms with Crippen molar-refractivity contribution in [2.75, 3.05) is 23.1 Å². The van der Waals surface area contributed by atoms with Gasteiger partial charge in [-0.05, 0) is 13.2 Å². The molecule has 0 aromatic heterocycles. The summed E-state index contributed by atoms with van der Waals surface area (Å²) >= 11 is 1.62. The van der Waals surface area contributed by atoms with Gasteiger partial charge in [0.2, 0.25) is 0 Å². The zero-order valence-electron chi connectivity index (χ0n) is 10.0. The normalized spacial score (nSPS) is 12.6. The fourth-order valence-corrected chi connectivity index (χ4v) is 2.02. The average molecular weight is 280 g/mol. The van der Waals surface area contributed by atoms with E-state index in [1.807, 2.05) is 13.2 Å². The maximum atomic E-state index is 13.3. The van der Waals surface area contributed by atoms with Crippen LogP contribution >= 0.6 is 11.8 Å². The standard InChI is InChI=1S/C11H15F3N2OS/c1-6(5-18-2)16-9-4-10(17-11(13)14)7(12)3-8(9)15/h3-4,6,11,16H,5,15H2,1-2H3. The first-order valence-corrected chi connectivity index (χ1v) is 6.62. The number of ether oxygens (including phenoxy) is 1. The summed E-state index contributed by atoms with van der Waals surface area (Å²) in [6.45, 7) is -1.16. The molecule has 0 saturated carbocycles. The van der Waals surface area contributed by atoms with Crippen LogP contribution in [0.1, 0.15) is 6.92 Å². The Bertz CT molecular complexity index is 404. The van der Waals surface area contributed by atoms with E-state index < -0.39 is 18.2 Å². The molecule has 0 fully saturated rings. The van der Waals surface area contributed by atoms with Crippen LogP contribution < -0.4 is 15.8 Å². The zero-order valence-corrected chi connectivity index (χ0v) is 10.9. The van der Waals surface area contributed by atoms with Gasteiger partial charge >= 0.3 is 6.61 Å². The third-order valence-corrected chi connectivity index (χ3v) is 2.97. The number of rotatable bonds is 6. The number of halogens is 3. The highest BCUT2D eigenvalue weighted by molar-refractivity contribution is 7.98. The maximum absolute atomic E-state index is 13.3. The Labute approximate surface area is 108 Å². The fourth-order valence-electron chi connectivity index (χ4n) is 1.44. The summed E-state index contributed by atoms with van der Waals surface area (Å²) in [6.07, 6.45) is 1.94. The number of nitrogen functional groups attached to an aromatic ring is 1. The Morgan fingerprint density at radius 1 is 1.44 bits per heavy atom. The Kier molecular flexibility index (Phi) is 5.46. The van der Waals surface area contributed by atoms with Crippen molar-refractivity contribution in [3.63, 3.8) is 0 Å². The number of hydrogen-bond acceptors (Lipinski definition) is 4. The van der Waals surface area contributed by atoms with Gasteiger partial charge in [-0.2, -0.15) is 20.5 Å². The van der Waals surface area contributed by atoms with Gasteiger partial charge in [0.1, 0.15) is 0 Å². The van der Waals surface area contributed by atoms with Crippen LogP contribution in [0.15, 0.2) is 12.1 Å². The van der Waals surface area contributed by atoms with E-state index in [0.717, 1.165) is 17.9 Å². The van der Waals surface area contributed by atoms with Crippen LogP contribution in [-0.2, 0) is 0 Å². The van der Waals surface area contributed by atoms with E-state index in [0.29, 0.717) is 5.69 Å². The zero-order chi connectivity index (χ0) is 13.7. The molecule has 1 aromatic carbocycles. The Hall–Kier alpha value is -1.24. The first-order valence-electron chi connectivity index (χ1n) is 5.23. The van der Waals surface area contributed by atoms with Crippen LogP contribution in [0.5, 0.6) is 5.75 Å². The second kappa shape index (κ2) is 6.63. The van der Waals surface area contributed by atoms with Crippen LogP contribution in [0.3, 0.4) is 0 Å². The monoisotopic (exact) mass is 280 g/mol. The third kappa shape index (κ3) is 4.21. The third-order valence-electron chi connectivity index (χ3n) is 2.14. The number of nitrogens with two attached hydrogens (primary N) is 1. The smallest absolute Gasteiger partial charge is 0.387 e.